The van der Waals surface area contributed by atoms with Gasteiger partial charge in [-0.15, -0.1) is 0 Å². The van der Waals surface area contributed by atoms with Gasteiger partial charge in [0.15, 0.2) is 0 Å². The van der Waals surface area contributed by atoms with Crippen LogP contribution >= 0.6 is 23.4 Å². The Balaban J connectivity index is 2.00. The molecule has 1 heterocycles. The van der Waals surface area contributed by atoms with Crippen molar-refractivity contribution >= 4 is 34.3 Å². The number of aromatic nitrogens is 1. The number of hydrogen-bond acceptors (Lipinski definition) is 2. The predicted octanol–water partition coefficient (Wildman–Crippen LogP) is 4.69. The molecule has 0 spiro atoms. The Morgan fingerprint density at radius 2 is 2.00 bits per heavy atom. The van der Waals surface area contributed by atoms with Crippen LogP contribution < -0.4 is 5.32 Å². The number of aromatic amines is 1. The topological polar surface area (TPSA) is 27.8 Å². The lowest BCUT2D eigenvalue weighted by molar-refractivity contribution is 0.803. The molecule has 102 valence electrons. The third-order valence-electron chi connectivity index (χ3n) is 3.17. The lowest BCUT2D eigenvalue weighted by atomic mass is 10.2. The van der Waals surface area contributed by atoms with Crippen LogP contribution in [0.4, 0.5) is 0 Å². The van der Waals surface area contributed by atoms with Crippen molar-refractivity contribution in [2.24, 2.45) is 0 Å². The third kappa shape index (κ3) is 2.70. The Morgan fingerprint density at radius 1 is 1.15 bits per heavy atom. The van der Waals surface area contributed by atoms with E-state index in [1.165, 1.54) is 20.7 Å². The first-order valence-electron chi connectivity index (χ1n) is 6.45. The zero-order chi connectivity index (χ0) is 13.9. The maximum absolute atomic E-state index is 6.13. The average Bonchev–Trinajstić information content (AvgIpc) is 2.86. The highest BCUT2D eigenvalue weighted by Crippen LogP contribution is 2.36. The fourth-order valence-electron chi connectivity index (χ4n) is 2.21. The number of nitrogens with one attached hydrogen (secondary N) is 2. The molecule has 0 aliphatic carbocycles. The van der Waals surface area contributed by atoms with E-state index in [1.807, 2.05) is 25.2 Å². The van der Waals surface area contributed by atoms with Gasteiger partial charge in [-0.1, -0.05) is 47.6 Å². The second kappa shape index (κ2) is 5.92. The van der Waals surface area contributed by atoms with Gasteiger partial charge < -0.3 is 10.3 Å². The first kappa shape index (κ1) is 13.6. The number of halogens is 1. The molecule has 0 unspecified atom stereocenters. The van der Waals surface area contributed by atoms with Crippen molar-refractivity contribution in [2.45, 2.75) is 16.3 Å². The van der Waals surface area contributed by atoms with Crippen molar-refractivity contribution in [1.82, 2.24) is 10.3 Å². The average molecular weight is 303 g/mol. The summed E-state index contributed by atoms with van der Waals surface area (Å²) in [5, 5.41) is 5.21. The van der Waals surface area contributed by atoms with Crippen molar-refractivity contribution in [1.29, 1.82) is 0 Å². The lowest BCUT2D eigenvalue weighted by Crippen LogP contribution is -2.05. The van der Waals surface area contributed by atoms with Crippen LogP contribution in [-0.4, -0.2) is 12.0 Å². The molecule has 0 amide bonds. The first-order valence-corrected chi connectivity index (χ1v) is 7.64. The summed E-state index contributed by atoms with van der Waals surface area (Å²) in [7, 11) is 1.95. The third-order valence-corrected chi connectivity index (χ3v) is 4.56. The number of benzene rings is 2. The monoisotopic (exact) mass is 302 g/mol. The molecule has 0 aliphatic heterocycles. The number of para-hydroxylation sites is 1. The van der Waals surface area contributed by atoms with E-state index in [9.17, 15) is 0 Å². The maximum Gasteiger partial charge on any atom is 0.0465 e. The maximum atomic E-state index is 6.13. The fraction of sp³-hybridized carbons (Fsp3) is 0.125. The quantitative estimate of drug-likeness (QED) is 0.731. The predicted molar refractivity (Wildman–Crippen MR) is 86.6 cm³/mol. The van der Waals surface area contributed by atoms with Crippen LogP contribution in [0.2, 0.25) is 5.02 Å². The van der Waals surface area contributed by atoms with Gasteiger partial charge in [-0.05, 0) is 30.8 Å². The molecule has 0 radical (unpaired) electrons. The molecule has 0 fully saturated rings. The van der Waals surface area contributed by atoms with Crippen LogP contribution in [0.25, 0.3) is 10.9 Å². The zero-order valence-electron chi connectivity index (χ0n) is 11.1. The highest BCUT2D eigenvalue weighted by molar-refractivity contribution is 7.99. The van der Waals surface area contributed by atoms with E-state index in [-0.39, 0.29) is 0 Å². The number of rotatable bonds is 4. The molecule has 0 aliphatic rings. The standard InChI is InChI=1S/C16H15ClN2S/c1-18-9-11-6-7-12(17)8-15(11)20-16-10-19-14-5-3-2-4-13(14)16/h2-8,10,18-19H,9H2,1H3. The van der Waals surface area contributed by atoms with Crippen molar-refractivity contribution < 1.29 is 0 Å². The number of hydrogen-bond donors (Lipinski definition) is 2. The Hall–Kier alpha value is -1.42. The summed E-state index contributed by atoms with van der Waals surface area (Å²) in [5.41, 5.74) is 2.42. The summed E-state index contributed by atoms with van der Waals surface area (Å²) in [6.45, 7) is 0.835. The van der Waals surface area contributed by atoms with Gasteiger partial charge in [0.2, 0.25) is 0 Å². The van der Waals surface area contributed by atoms with E-state index in [0.29, 0.717) is 0 Å². The van der Waals surface area contributed by atoms with Crippen molar-refractivity contribution in [2.75, 3.05) is 7.05 Å². The lowest BCUT2D eigenvalue weighted by Gasteiger charge is -2.09. The van der Waals surface area contributed by atoms with Gasteiger partial charge >= 0.3 is 0 Å². The van der Waals surface area contributed by atoms with Gasteiger partial charge in [-0.3, -0.25) is 0 Å². The Labute approximate surface area is 127 Å². The van der Waals surface area contributed by atoms with E-state index in [2.05, 4.69) is 40.8 Å². The summed E-state index contributed by atoms with van der Waals surface area (Å²) >= 11 is 7.88. The van der Waals surface area contributed by atoms with Crippen molar-refractivity contribution in [3.8, 4) is 0 Å². The smallest absolute Gasteiger partial charge is 0.0465 e. The molecule has 1 aromatic heterocycles. The minimum absolute atomic E-state index is 0.771. The van der Waals surface area contributed by atoms with Crippen LogP contribution in [-0.2, 0) is 6.54 Å². The fourth-order valence-corrected chi connectivity index (χ4v) is 3.54. The molecule has 4 heteroatoms. The van der Waals surface area contributed by atoms with Crippen LogP contribution in [0.1, 0.15) is 5.56 Å². The zero-order valence-corrected chi connectivity index (χ0v) is 12.7. The highest BCUT2D eigenvalue weighted by atomic mass is 35.5. The van der Waals surface area contributed by atoms with Gasteiger partial charge in [0.25, 0.3) is 0 Å². The van der Waals surface area contributed by atoms with Crippen LogP contribution in [0.5, 0.6) is 0 Å². The molecule has 0 saturated heterocycles. The molecule has 0 saturated carbocycles. The van der Waals surface area contributed by atoms with E-state index in [0.717, 1.165) is 17.1 Å². The summed E-state index contributed by atoms with van der Waals surface area (Å²) in [6, 6.07) is 14.4. The normalized spacial score (nSPS) is 11.1. The van der Waals surface area contributed by atoms with Crippen molar-refractivity contribution in [3.05, 3.63) is 59.2 Å². The summed E-state index contributed by atoms with van der Waals surface area (Å²) in [5.74, 6) is 0. The van der Waals surface area contributed by atoms with Gasteiger partial charge in [-0.2, -0.15) is 0 Å². The summed E-state index contributed by atoms with van der Waals surface area (Å²) < 4.78 is 0. The molecule has 2 N–H and O–H groups in total. The van der Waals surface area contributed by atoms with Crippen molar-refractivity contribution in [3.63, 3.8) is 0 Å². The van der Waals surface area contributed by atoms with Gasteiger partial charge in [-0.25, -0.2) is 0 Å². The van der Waals surface area contributed by atoms with Crippen LogP contribution in [0.3, 0.4) is 0 Å². The highest BCUT2D eigenvalue weighted by Gasteiger charge is 2.09. The molecular weight excluding hydrogens is 288 g/mol. The van der Waals surface area contributed by atoms with Gasteiger partial charge in [0.1, 0.15) is 0 Å². The second-order valence-corrected chi connectivity index (χ2v) is 6.10. The molecule has 0 atom stereocenters. The SMILES string of the molecule is CNCc1ccc(Cl)cc1Sc1c[nH]c2ccccc12. The molecular formula is C16H15ClN2S. The van der Waals surface area contributed by atoms with E-state index >= 15 is 0 Å². The largest absolute Gasteiger partial charge is 0.360 e. The molecule has 2 aromatic carbocycles. The van der Waals surface area contributed by atoms with Crippen LogP contribution in [0.15, 0.2) is 58.5 Å². The van der Waals surface area contributed by atoms with E-state index in [4.69, 9.17) is 11.6 Å². The van der Waals surface area contributed by atoms with Crippen LogP contribution in [0, 0.1) is 0 Å². The minimum atomic E-state index is 0.771. The molecule has 3 rings (SSSR count). The molecule has 0 bridgehead atoms. The molecule has 3 aromatic rings. The van der Waals surface area contributed by atoms with E-state index in [1.54, 1.807) is 11.8 Å². The number of H-pyrrole nitrogens is 1. The molecule has 20 heavy (non-hydrogen) atoms. The number of fused-ring (bicyclic) bond motifs is 1. The Bertz CT molecular complexity index is 736. The van der Waals surface area contributed by atoms with E-state index < -0.39 is 0 Å². The Kier molecular flexibility index (Phi) is 4.01. The second-order valence-electron chi connectivity index (χ2n) is 4.58. The summed E-state index contributed by atoms with van der Waals surface area (Å²) in [6.07, 6.45) is 2.05. The Morgan fingerprint density at radius 3 is 2.85 bits per heavy atom. The molecule has 2 nitrogen and oxygen atoms in total. The first-order chi connectivity index (χ1) is 9.78. The van der Waals surface area contributed by atoms with Gasteiger partial charge in [0.05, 0.1) is 0 Å². The minimum Gasteiger partial charge on any atom is -0.360 e. The summed E-state index contributed by atoms with van der Waals surface area (Å²) in [4.78, 5) is 5.72. The van der Waals surface area contributed by atoms with Gasteiger partial charge in [0, 0.05) is 38.5 Å².